The summed E-state index contributed by atoms with van der Waals surface area (Å²) >= 11 is 0. The summed E-state index contributed by atoms with van der Waals surface area (Å²) in [6, 6.07) is 15.8. The van der Waals surface area contributed by atoms with E-state index in [1.54, 1.807) is 11.0 Å². The number of fused-ring (bicyclic) bond motifs is 3. The first kappa shape index (κ1) is 18.6. The summed E-state index contributed by atoms with van der Waals surface area (Å²) in [4.78, 5) is 21.0. The van der Waals surface area contributed by atoms with Crippen LogP contribution in [0, 0.1) is 5.92 Å². The van der Waals surface area contributed by atoms with Crippen LogP contribution in [-0.2, 0) is 19.4 Å². The Bertz CT molecular complexity index is 1160. The van der Waals surface area contributed by atoms with E-state index < -0.39 is 0 Å². The molecule has 0 aliphatic heterocycles. The molecule has 0 spiro atoms. The van der Waals surface area contributed by atoms with Crippen LogP contribution in [0.5, 0.6) is 0 Å². The highest BCUT2D eigenvalue weighted by atomic mass is 16.1. The van der Waals surface area contributed by atoms with Gasteiger partial charge in [0.15, 0.2) is 0 Å². The Balaban J connectivity index is 1.48. The van der Waals surface area contributed by atoms with Gasteiger partial charge in [0.2, 0.25) is 0 Å². The van der Waals surface area contributed by atoms with Gasteiger partial charge in [0, 0.05) is 11.1 Å². The van der Waals surface area contributed by atoms with Gasteiger partial charge >= 0.3 is 0 Å². The number of aromatic nitrogens is 4. The number of aryl methyl sites for hydroxylation is 1. The Kier molecular flexibility index (Phi) is 4.83. The summed E-state index contributed by atoms with van der Waals surface area (Å²) < 4.78 is 1.74. The van der Waals surface area contributed by atoms with Crippen molar-refractivity contribution in [1.82, 2.24) is 25.1 Å². The summed E-state index contributed by atoms with van der Waals surface area (Å²) in [6.07, 6.45) is 6.48. The molecule has 2 N–H and O–H groups in total. The maximum absolute atomic E-state index is 13.4. The first-order valence-corrected chi connectivity index (χ1v) is 10.5. The summed E-state index contributed by atoms with van der Waals surface area (Å²) in [5, 5.41) is 8.61. The number of carbonyl (C=O) groups is 1. The van der Waals surface area contributed by atoms with Crippen LogP contribution >= 0.6 is 0 Å². The van der Waals surface area contributed by atoms with Crippen LogP contribution in [0.1, 0.15) is 46.6 Å². The number of amides is 1. The fourth-order valence-corrected chi connectivity index (χ4v) is 4.47. The summed E-state index contributed by atoms with van der Waals surface area (Å²) in [5.41, 5.74) is 5.33. The monoisotopic (exact) mass is 399 g/mol. The summed E-state index contributed by atoms with van der Waals surface area (Å²) in [6.45, 7) is 2.82. The fourth-order valence-electron chi connectivity index (χ4n) is 4.47. The van der Waals surface area contributed by atoms with Crippen molar-refractivity contribution < 1.29 is 4.79 Å². The molecule has 1 aliphatic rings. The number of nitrogens with one attached hydrogen (secondary N) is 2. The minimum atomic E-state index is -0.208. The lowest BCUT2D eigenvalue weighted by Gasteiger charge is -2.19. The molecule has 152 valence electrons. The predicted octanol–water partition coefficient (Wildman–Crippen LogP) is 4.06. The van der Waals surface area contributed by atoms with E-state index in [1.807, 2.05) is 42.5 Å². The zero-order valence-corrected chi connectivity index (χ0v) is 17.0. The van der Waals surface area contributed by atoms with E-state index in [1.165, 1.54) is 29.4 Å². The van der Waals surface area contributed by atoms with Crippen molar-refractivity contribution in [1.29, 1.82) is 0 Å². The molecule has 4 aromatic rings. The first-order valence-electron chi connectivity index (χ1n) is 10.5. The quantitative estimate of drug-likeness (QED) is 0.531. The molecule has 30 heavy (non-hydrogen) atoms. The van der Waals surface area contributed by atoms with Crippen molar-refractivity contribution in [3.8, 4) is 0 Å². The third-order valence-electron chi connectivity index (χ3n) is 6.06. The molecule has 2 atom stereocenters. The highest BCUT2D eigenvalue weighted by Crippen LogP contribution is 2.33. The topological polar surface area (TPSA) is 75.6 Å². The highest BCUT2D eigenvalue weighted by Gasteiger charge is 2.23. The molecular formula is C24H25N5O. The summed E-state index contributed by atoms with van der Waals surface area (Å²) in [5.74, 6) is 0.598. The molecule has 5 rings (SSSR count). The molecule has 0 fully saturated rings. The van der Waals surface area contributed by atoms with Gasteiger partial charge in [-0.2, -0.15) is 5.10 Å². The third kappa shape index (κ3) is 3.49. The Hall–Kier alpha value is -3.41. The number of hydrogen-bond acceptors (Lipinski definition) is 3. The SMILES string of the molecule is CC1CCc2[nH]c3c(C(=O)NC(Cn4cncn4)c4ccccc4)cccc3c2C1. The summed E-state index contributed by atoms with van der Waals surface area (Å²) in [7, 11) is 0. The molecule has 0 saturated heterocycles. The lowest BCUT2D eigenvalue weighted by atomic mass is 9.87. The molecule has 2 aromatic carbocycles. The van der Waals surface area contributed by atoms with Crippen LogP contribution < -0.4 is 5.32 Å². The molecule has 2 heterocycles. The van der Waals surface area contributed by atoms with Gasteiger partial charge in [-0.25, -0.2) is 4.98 Å². The van der Waals surface area contributed by atoms with Gasteiger partial charge < -0.3 is 10.3 Å². The number of rotatable bonds is 5. The van der Waals surface area contributed by atoms with E-state index in [-0.39, 0.29) is 11.9 Å². The normalized spacial score (nSPS) is 16.9. The molecular weight excluding hydrogens is 374 g/mol. The fraction of sp³-hybridized carbons (Fsp3) is 0.292. The van der Waals surface area contributed by atoms with Gasteiger partial charge in [-0.15, -0.1) is 0 Å². The predicted molar refractivity (Wildman–Crippen MR) is 116 cm³/mol. The number of H-pyrrole nitrogens is 1. The van der Waals surface area contributed by atoms with Crippen molar-refractivity contribution in [2.24, 2.45) is 5.92 Å². The molecule has 2 unspecified atom stereocenters. The van der Waals surface area contributed by atoms with Crippen LogP contribution in [-0.4, -0.2) is 25.7 Å². The van der Waals surface area contributed by atoms with Crippen LogP contribution in [0.4, 0.5) is 0 Å². The number of nitrogens with zero attached hydrogens (tertiary/aromatic N) is 3. The van der Waals surface area contributed by atoms with E-state index in [0.717, 1.165) is 23.9 Å². The van der Waals surface area contributed by atoms with E-state index in [9.17, 15) is 4.79 Å². The van der Waals surface area contributed by atoms with Crippen molar-refractivity contribution >= 4 is 16.8 Å². The molecule has 0 saturated carbocycles. The van der Waals surface area contributed by atoms with Gasteiger partial charge in [-0.1, -0.05) is 49.4 Å². The number of aromatic amines is 1. The van der Waals surface area contributed by atoms with Gasteiger partial charge in [0.25, 0.3) is 5.91 Å². The zero-order valence-electron chi connectivity index (χ0n) is 17.0. The number of hydrogen-bond donors (Lipinski definition) is 2. The van der Waals surface area contributed by atoms with E-state index in [2.05, 4.69) is 33.4 Å². The molecule has 0 radical (unpaired) electrons. The number of para-hydroxylation sites is 1. The average molecular weight is 399 g/mol. The van der Waals surface area contributed by atoms with Crippen molar-refractivity contribution in [2.45, 2.75) is 38.8 Å². The molecule has 6 nitrogen and oxygen atoms in total. The van der Waals surface area contributed by atoms with Crippen LogP contribution in [0.15, 0.2) is 61.2 Å². The number of carbonyl (C=O) groups excluding carboxylic acids is 1. The molecule has 1 aliphatic carbocycles. The average Bonchev–Trinajstić information content (AvgIpc) is 3.41. The Morgan fingerprint density at radius 1 is 1.23 bits per heavy atom. The largest absolute Gasteiger partial charge is 0.358 e. The Morgan fingerprint density at radius 2 is 2.10 bits per heavy atom. The maximum atomic E-state index is 13.4. The van der Waals surface area contributed by atoms with Gasteiger partial charge in [-0.3, -0.25) is 9.48 Å². The molecule has 6 heteroatoms. The minimum absolute atomic E-state index is 0.0822. The second-order valence-corrected chi connectivity index (χ2v) is 8.21. The second kappa shape index (κ2) is 7.78. The third-order valence-corrected chi connectivity index (χ3v) is 6.06. The highest BCUT2D eigenvalue weighted by molar-refractivity contribution is 6.07. The molecule has 2 aromatic heterocycles. The minimum Gasteiger partial charge on any atom is -0.358 e. The lowest BCUT2D eigenvalue weighted by Crippen LogP contribution is -2.31. The van der Waals surface area contributed by atoms with E-state index in [4.69, 9.17) is 0 Å². The molecule has 0 bridgehead atoms. The van der Waals surface area contributed by atoms with Crippen LogP contribution in [0.2, 0.25) is 0 Å². The van der Waals surface area contributed by atoms with Crippen LogP contribution in [0.25, 0.3) is 10.9 Å². The van der Waals surface area contributed by atoms with E-state index in [0.29, 0.717) is 18.0 Å². The number of benzene rings is 2. The van der Waals surface area contributed by atoms with Crippen molar-refractivity contribution in [3.05, 3.63) is 83.6 Å². The zero-order chi connectivity index (χ0) is 20.5. The first-order chi connectivity index (χ1) is 14.7. The van der Waals surface area contributed by atoms with Gasteiger partial charge in [0.1, 0.15) is 12.7 Å². The Labute approximate surface area is 175 Å². The second-order valence-electron chi connectivity index (χ2n) is 8.21. The smallest absolute Gasteiger partial charge is 0.253 e. The Morgan fingerprint density at radius 3 is 2.90 bits per heavy atom. The standard InChI is InChI=1S/C24H25N5O/c1-16-10-11-21-20(12-16)18-8-5-9-19(23(18)27-21)24(30)28-22(13-29-15-25-14-26-29)17-6-3-2-4-7-17/h2-9,14-16,22,27H,10-13H2,1H3,(H,28,30). The lowest BCUT2D eigenvalue weighted by molar-refractivity contribution is 0.0933. The molecule has 1 amide bonds. The maximum Gasteiger partial charge on any atom is 0.253 e. The van der Waals surface area contributed by atoms with Crippen molar-refractivity contribution in [2.75, 3.05) is 0 Å². The van der Waals surface area contributed by atoms with Crippen molar-refractivity contribution in [3.63, 3.8) is 0 Å². The van der Waals surface area contributed by atoms with E-state index >= 15 is 0 Å². The van der Waals surface area contributed by atoms with Crippen LogP contribution in [0.3, 0.4) is 0 Å². The van der Waals surface area contributed by atoms with Gasteiger partial charge in [0.05, 0.1) is 23.7 Å². The van der Waals surface area contributed by atoms with Gasteiger partial charge in [-0.05, 0) is 42.4 Å².